The quantitative estimate of drug-likeness (QED) is 0.847. The Kier molecular flexibility index (Phi) is 5.21. The molecule has 2 nitrogen and oxygen atoms in total. The number of hydrogen-bond acceptors (Lipinski definition) is 3. The molecule has 0 radical (unpaired) electrons. The molecule has 1 aromatic carbocycles. The fourth-order valence-corrected chi connectivity index (χ4v) is 3.24. The first-order valence-electron chi connectivity index (χ1n) is 7.09. The van der Waals surface area contributed by atoms with Gasteiger partial charge in [0, 0.05) is 0 Å². The van der Waals surface area contributed by atoms with Crippen LogP contribution in [0.2, 0.25) is 0 Å². The van der Waals surface area contributed by atoms with E-state index >= 15 is 0 Å². The van der Waals surface area contributed by atoms with Gasteiger partial charge in [-0.3, -0.25) is 0 Å². The number of nitrogens with one attached hydrogen (secondary N) is 1. The number of methoxy groups -OCH3 is 1. The van der Waals surface area contributed by atoms with E-state index in [1.54, 1.807) is 18.4 Å². The largest absolute Gasteiger partial charge is 0.496 e. The van der Waals surface area contributed by atoms with Gasteiger partial charge in [-0.05, 0) is 54.9 Å². The summed E-state index contributed by atoms with van der Waals surface area (Å²) in [7, 11) is 1.74. The highest BCUT2D eigenvalue weighted by atomic mass is 32.1. The third-order valence-electron chi connectivity index (χ3n) is 3.60. The molecular weight excluding hydrogens is 266 g/mol. The van der Waals surface area contributed by atoms with Crippen molar-refractivity contribution >= 4 is 11.3 Å². The van der Waals surface area contributed by atoms with E-state index in [1.807, 2.05) is 6.07 Å². The molecule has 0 amide bonds. The van der Waals surface area contributed by atoms with Crippen LogP contribution in [0, 0.1) is 13.8 Å². The molecule has 1 heterocycles. The van der Waals surface area contributed by atoms with Crippen molar-refractivity contribution in [2.75, 3.05) is 13.7 Å². The van der Waals surface area contributed by atoms with Gasteiger partial charge in [0.05, 0.1) is 18.0 Å². The summed E-state index contributed by atoms with van der Waals surface area (Å²) in [5, 5.41) is 5.73. The minimum absolute atomic E-state index is 0.212. The molecule has 0 aliphatic heterocycles. The summed E-state index contributed by atoms with van der Waals surface area (Å²) in [6, 6.07) is 8.95. The highest BCUT2D eigenvalue weighted by Gasteiger charge is 2.19. The lowest BCUT2D eigenvalue weighted by Gasteiger charge is -2.20. The molecule has 108 valence electrons. The monoisotopic (exact) mass is 289 g/mol. The van der Waals surface area contributed by atoms with Crippen LogP contribution in [0.3, 0.4) is 0 Å². The number of benzene rings is 1. The second-order valence-corrected chi connectivity index (χ2v) is 6.03. The summed E-state index contributed by atoms with van der Waals surface area (Å²) in [6.45, 7) is 7.51. The Balaban J connectivity index is 2.38. The second kappa shape index (κ2) is 6.91. The Labute approximate surface area is 125 Å². The van der Waals surface area contributed by atoms with Crippen molar-refractivity contribution in [3.05, 3.63) is 51.2 Å². The van der Waals surface area contributed by atoms with Crippen LogP contribution >= 0.6 is 11.3 Å². The van der Waals surface area contributed by atoms with Gasteiger partial charge in [0.1, 0.15) is 5.75 Å². The van der Waals surface area contributed by atoms with Crippen molar-refractivity contribution in [2.45, 2.75) is 33.2 Å². The van der Waals surface area contributed by atoms with Crippen molar-refractivity contribution in [1.82, 2.24) is 5.32 Å². The van der Waals surface area contributed by atoms with Crippen LogP contribution in [0.5, 0.6) is 5.75 Å². The molecule has 2 rings (SSSR count). The molecule has 20 heavy (non-hydrogen) atoms. The Morgan fingerprint density at radius 2 is 2.00 bits per heavy atom. The SMILES string of the molecule is CCCNC(c1ccc(C)c(C)c1)c1sccc1OC. The van der Waals surface area contributed by atoms with Crippen LogP contribution in [0.15, 0.2) is 29.6 Å². The summed E-state index contributed by atoms with van der Waals surface area (Å²) in [6.07, 6.45) is 1.12. The van der Waals surface area contributed by atoms with Gasteiger partial charge in [-0.15, -0.1) is 11.3 Å². The standard InChI is InChI=1S/C17H23NOS/c1-5-9-18-16(17-15(19-4)8-10-20-17)14-7-6-12(2)13(3)11-14/h6-8,10-11,16,18H,5,9H2,1-4H3. The summed E-state index contributed by atoms with van der Waals surface area (Å²) in [5.41, 5.74) is 3.98. The van der Waals surface area contributed by atoms with E-state index in [0.29, 0.717) is 0 Å². The van der Waals surface area contributed by atoms with E-state index in [1.165, 1.54) is 21.6 Å². The lowest BCUT2D eigenvalue weighted by atomic mass is 9.99. The van der Waals surface area contributed by atoms with Gasteiger partial charge in [-0.25, -0.2) is 0 Å². The molecule has 1 N–H and O–H groups in total. The molecule has 0 saturated heterocycles. The van der Waals surface area contributed by atoms with E-state index in [2.05, 4.69) is 49.7 Å². The average molecular weight is 289 g/mol. The number of ether oxygens (including phenoxy) is 1. The van der Waals surface area contributed by atoms with Crippen molar-refractivity contribution in [3.8, 4) is 5.75 Å². The molecule has 1 atom stereocenters. The van der Waals surface area contributed by atoms with Gasteiger partial charge in [-0.2, -0.15) is 0 Å². The molecule has 2 aromatic rings. The Bertz CT molecular complexity index is 562. The van der Waals surface area contributed by atoms with Crippen molar-refractivity contribution < 1.29 is 4.74 Å². The summed E-state index contributed by atoms with van der Waals surface area (Å²) < 4.78 is 5.49. The zero-order valence-corrected chi connectivity index (χ0v) is 13.5. The van der Waals surface area contributed by atoms with Crippen LogP contribution in [0.4, 0.5) is 0 Å². The van der Waals surface area contributed by atoms with Gasteiger partial charge in [-0.1, -0.05) is 25.1 Å². The molecule has 0 saturated carbocycles. The maximum atomic E-state index is 5.49. The summed E-state index contributed by atoms with van der Waals surface area (Å²) in [5.74, 6) is 0.974. The van der Waals surface area contributed by atoms with Gasteiger partial charge in [0.25, 0.3) is 0 Å². The van der Waals surface area contributed by atoms with Crippen LogP contribution in [0.25, 0.3) is 0 Å². The molecule has 0 aliphatic carbocycles. The zero-order valence-electron chi connectivity index (χ0n) is 12.7. The second-order valence-electron chi connectivity index (χ2n) is 5.08. The summed E-state index contributed by atoms with van der Waals surface area (Å²) >= 11 is 1.75. The third-order valence-corrected chi connectivity index (χ3v) is 4.57. The molecule has 1 unspecified atom stereocenters. The molecule has 3 heteroatoms. The fourth-order valence-electron chi connectivity index (χ4n) is 2.28. The highest BCUT2D eigenvalue weighted by molar-refractivity contribution is 7.10. The number of rotatable bonds is 6. The minimum atomic E-state index is 0.212. The predicted molar refractivity (Wildman–Crippen MR) is 86.9 cm³/mol. The van der Waals surface area contributed by atoms with Crippen molar-refractivity contribution in [2.24, 2.45) is 0 Å². The van der Waals surface area contributed by atoms with Gasteiger partial charge >= 0.3 is 0 Å². The van der Waals surface area contributed by atoms with Crippen LogP contribution in [-0.2, 0) is 0 Å². The molecule has 0 bridgehead atoms. The Hall–Kier alpha value is -1.32. The highest BCUT2D eigenvalue weighted by Crippen LogP contribution is 2.35. The van der Waals surface area contributed by atoms with Crippen LogP contribution in [0.1, 0.15) is 41.0 Å². The molecule has 0 spiro atoms. The number of aryl methyl sites for hydroxylation is 2. The van der Waals surface area contributed by atoms with E-state index in [-0.39, 0.29) is 6.04 Å². The first-order valence-corrected chi connectivity index (χ1v) is 7.97. The number of hydrogen-bond donors (Lipinski definition) is 1. The smallest absolute Gasteiger partial charge is 0.134 e. The van der Waals surface area contributed by atoms with E-state index in [9.17, 15) is 0 Å². The first kappa shape index (κ1) is 15.1. The molecule has 0 fully saturated rings. The van der Waals surface area contributed by atoms with Crippen molar-refractivity contribution in [3.63, 3.8) is 0 Å². The van der Waals surface area contributed by atoms with E-state index in [0.717, 1.165) is 18.7 Å². The van der Waals surface area contributed by atoms with E-state index in [4.69, 9.17) is 4.74 Å². The van der Waals surface area contributed by atoms with Crippen LogP contribution in [-0.4, -0.2) is 13.7 Å². The van der Waals surface area contributed by atoms with Crippen LogP contribution < -0.4 is 10.1 Å². The molecule has 1 aromatic heterocycles. The minimum Gasteiger partial charge on any atom is -0.496 e. The zero-order chi connectivity index (χ0) is 14.5. The first-order chi connectivity index (χ1) is 9.67. The average Bonchev–Trinajstić information content (AvgIpc) is 2.91. The summed E-state index contributed by atoms with van der Waals surface area (Å²) in [4.78, 5) is 1.25. The van der Waals surface area contributed by atoms with Gasteiger partial charge < -0.3 is 10.1 Å². The van der Waals surface area contributed by atoms with Crippen molar-refractivity contribution in [1.29, 1.82) is 0 Å². The lowest BCUT2D eigenvalue weighted by molar-refractivity contribution is 0.407. The van der Waals surface area contributed by atoms with Gasteiger partial charge in [0.15, 0.2) is 0 Å². The topological polar surface area (TPSA) is 21.3 Å². The molecule has 0 aliphatic rings. The third kappa shape index (κ3) is 3.22. The normalized spacial score (nSPS) is 12.4. The Morgan fingerprint density at radius 3 is 2.65 bits per heavy atom. The fraction of sp³-hybridized carbons (Fsp3) is 0.412. The Morgan fingerprint density at radius 1 is 1.20 bits per heavy atom. The van der Waals surface area contributed by atoms with Gasteiger partial charge in [0.2, 0.25) is 0 Å². The maximum absolute atomic E-state index is 5.49. The predicted octanol–water partition coefficient (Wildman–Crippen LogP) is 4.46. The maximum Gasteiger partial charge on any atom is 0.134 e. The van der Waals surface area contributed by atoms with E-state index < -0.39 is 0 Å². The lowest BCUT2D eigenvalue weighted by Crippen LogP contribution is -2.23. The number of thiophene rings is 1. The molecular formula is C17H23NOS.